The van der Waals surface area contributed by atoms with Crippen molar-refractivity contribution in [3.8, 4) is 0 Å². The smallest absolute Gasteiger partial charge is 0.346 e. The van der Waals surface area contributed by atoms with Crippen LogP contribution in [0.5, 0.6) is 0 Å². The number of carbonyl (C=O) groups excluding carboxylic acids is 13. The van der Waals surface area contributed by atoms with Crippen molar-refractivity contribution in [1.29, 1.82) is 0 Å². The monoisotopic (exact) mass is 1170 g/mol. The van der Waals surface area contributed by atoms with Crippen LogP contribution in [-0.2, 0) is 47.8 Å². The number of ether oxygens (including phenoxy) is 2. The Labute approximate surface area is 489 Å². The number of nitrogens with two attached hydrogens (primary N) is 3. The zero-order valence-corrected chi connectivity index (χ0v) is 41.1. The molecular formula is C53H47N7O23. The van der Waals surface area contributed by atoms with Gasteiger partial charge in [-0.1, -0.05) is 48.5 Å². The first-order valence-corrected chi connectivity index (χ1v) is 22.2. The van der Waals surface area contributed by atoms with Gasteiger partial charge in [0.2, 0.25) is 11.8 Å². The van der Waals surface area contributed by atoms with Gasteiger partial charge in [-0.25, -0.2) is 24.0 Å². The molecule has 11 N–H and O–H groups in total. The molecule has 6 aliphatic heterocycles. The van der Waals surface area contributed by atoms with E-state index >= 15 is 0 Å². The Morgan fingerprint density at radius 2 is 0.892 bits per heavy atom. The molecule has 4 atom stereocenters. The van der Waals surface area contributed by atoms with Gasteiger partial charge >= 0.3 is 53.8 Å². The number of carbonyl (C=O) groups is 17. The van der Waals surface area contributed by atoms with E-state index in [1.807, 2.05) is 0 Å². The third-order valence-electron chi connectivity index (χ3n) is 10.4. The van der Waals surface area contributed by atoms with Gasteiger partial charge in [-0.15, -0.1) is 0 Å². The largest absolute Gasteiger partial charge is 0.481 e. The van der Waals surface area contributed by atoms with Gasteiger partial charge < -0.3 is 47.1 Å². The summed E-state index contributed by atoms with van der Waals surface area (Å²) >= 11 is 0. The first-order valence-electron chi connectivity index (χ1n) is 30.7. The van der Waals surface area contributed by atoms with Crippen molar-refractivity contribution >= 4 is 101 Å². The van der Waals surface area contributed by atoms with Gasteiger partial charge in [0, 0.05) is 47.4 Å². The number of esters is 4. The minimum absolute atomic E-state index is 0.00133. The summed E-state index contributed by atoms with van der Waals surface area (Å²) in [5.74, 6) is -21.6. The van der Waals surface area contributed by atoms with Crippen molar-refractivity contribution in [2.75, 3.05) is 0 Å². The number of carboxylic acid groups (broad SMARTS) is 4. The highest BCUT2D eigenvalue weighted by molar-refractivity contribution is 6.25. The number of carboxylic acids is 4. The quantitative estimate of drug-likeness (QED) is 0.0438. The highest BCUT2D eigenvalue weighted by Gasteiger charge is 2.47. The topological polar surface area (TPSA) is 489 Å². The Morgan fingerprint density at radius 3 is 1.27 bits per heavy atom. The molecule has 6 heterocycles. The second-order valence-electron chi connectivity index (χ2n) is 15.7. The lowest BCUT2D eigenvalue weighted by Gasteiger charge is -2.27. The van der Waals surface area contributed by atoms with Crippen LogP contribution in [0.25, 0.3) is 0 Å². The number of rotatable bonds is 11. The summed E-state index contributed by atoms with van der Waals surface area (Å²) in [7, 11) is 0. The van der Waals surface area contributed by atoms with Crippen molar-refractivity contribution in [3.63, 3.8) is 0 Å². The van der Waals surface area contributed by atoms with E-state index < -0.39 is 176 Å². The molecule has 0 radical (unpaired) electrons. The Kier molecular flexibility index (Phi) is 13.9. The third kappa shape index (κ3) is 15.1. The van der Waals surface area contributed by atoms with E-state index in [1.54, 1.807) is 29.6 Å². The summed E-state index contributed by atoms with van der Waals surface area (Å²) in [6, 6.07) is 12.0. The maximum Gasteiger partial charge on any atom is 0.346 e. The number of primary amides is 2. The number of benzene rings is 4. The fourth-order valence-corrected chi connectivity index (χ4v) is 7.02. The number of piperidine rings is 1. The predicted octanol–water partition coefficient (Wildman–Crippen LogP) is 0.487. The molecule has 432 valence electrons. The molecule has 10 amide bonds. The number of nitrogens with one attached hydrogen (secondary N) is 1. The number of hydrogen-bond acceptors (Lipinski definition) is 20. The van der Waals surface area contributed by atoms with E-state index in [1.165, 1.54) is 72.8 Å². The number of imide groups is 4. The van der Waals surface area contributed by atoms with Gasteiger partial charge in [0.1, 0.15) is 24.1 Å². The van der Waals surface area contributed by atoms with Crippen LogP contribution in [0.4, 0.5) is 4.79 Å². The first kappa shape index (κ1) is 41.8. The lowest BCUT2D eigenvalue weighted by molar-refractivity contribution is -0.167. The lowest BCUT2D eigenvalue weighted by Crippen LogP contribution is -2.54. The second-order valence-corrected chi connectivity index (χ2v) is 15.7. The van der Waals surface area contributed by atoms with Crippen LogP contribution in [0.1, 0.15) is 157 Å². The molecule has 30 nitrogen and oxygen atoms in total. The summed E-state index contributed by atoms with van der Waals surface area (Å²) in [6.07, 6.45) is -26.9. The second kappa shape index (κ2) is 27.6. The number of hydrogen-bond donors (Lipinski definition) is 8. The number of amides is 10. The van der Waals surface area contributed by atoms with Gasteiger partial charge in [0.05, 0.1) is 45.9 Å². The molecule has 0 aromatic heterocycles. The normalized spacial score (nSPS) is 24.2. The molecule has 2 fully saturated rings. The number of urea groups is 1. The van der Waals surface area contributed by atoms with Crippen molar-refractivity contribution in [3.05, 3.63) is 142 Å². The maximum atomic E-state index is 12.4. The van der Waals surface area contributed by atoms with E-state index in [2.05, 4.69) is 20.9 Å². The van der Waals surface area contributed by atoms with Crippen LogP contribution >= 0.6 is 0 Å². The third-order valence-corrected chi connectivity index (χ3v) is 10.4. The minimum atomic E-state index is -3.66. The van der Waals surface area contributed by atoms with Crippen molar-refractivity contribution < 1.29 is 135 Å². The molecule has 10 rings (SSSR count). The van der Waals surface area contributed by atoms with E-state index in [0.29, 0.717) is 20.9 Å². The molecule has 0 saturated carbocycles. The minimum Gasteiger partial charge on any atom is -0.481 e. The molecule has 2 saturated heterocycles. The number of fused-ring (bicyclic) bond motifs is 4. The summed E-state index contributed by atoms with van der Waals surface area (Å²) in [5, 5.41) is 36.6. The summed E-state index contributed by atoms with van der Waals surface area (Å²) in [5.41, 5.74) is 13.6. The predicted molar refractivity (Wildman–Crippen MR) is 272 cm³/mol. The van der Waals surface area contributed by atoms with Crippen LogP contribution in [0.15, 0.2) is 97.1 Å². The summed E-state index contributed by atoms with van der Waals surface area (Å²) < 4.78 is 135. The van der Waals surface area contributed by atoms with Crippen LogP contribution in [-0.4, -0.2) is 160 Å². The molecule has 0 bridgehead atoms. The number of nitrogens with zero attached hydrogens (tertiary/aromatic N) is 3. The Bertz CT molecular complexity index is 3950. The van der Waals surface area contributed by atoms with Crippen LogP contribution < -0.4 is 22.5 Å². The summed E-state index contributed by atoms with van der Waals surface area (Å²) in [4.78, 5) is 196. The standard InChI is InChI=1S/C13H10N2O4.C13H11NO6.C13H9NO5.C8H4O3.C5H9NO4.CH4N2O/c16-10-6-5-9(11(17)14-10)15-12(18)7-3-1-2-4-8(7)13(15)19;15-10(16)6-5-9(13(19)20)14-11(17)7-3-1-2-4-8(7)12(14)18;15-10-6-5-9(13(18)19-10)14-11(16)7-3-1-2-4-8(7)12(14)17;9-7-5-3-1-2-4-6(5)8(10)11-7;6-3(5(9)10)1-2-4(7)8;2-1(3)4/h1-4,9H,5-6H2,(H,14,16,17);1-4,9H,5-6H2,(H,15,16)(H,19,20);1-4,9H,5-6H2;1-4H;3H,1-2,6H2,(H,7,8)(H,9,10);(H4,2,3,4)/i5D2,6D2,14+1;2*5D2,6D2;;1D2,2D2,3D;2+1,3+1. The average Bonchev–Trinajstić information content (AvgIpc) is 1.41. The highest BCUT2D eigenvalue weighted by Crippen LogP contribution is 2.30. The summed E-state index contributed by atoms with van der Waals surface area (Å²) in [6.45, 7) is 0. The highest BCUT2D eigenvalue weighted by atomic mass is 16.6. The van der Waals surface area contributed by atoms with E-state index in [-0.39, 0.29) is 38.3 Å². The van der Waals surface area contributed by atoms with Gasteiger partial charge in [-0.05, 0) is 74.0 Å². The van der Waals surface area contributed by atoms with Crippen molar-refractivity contribution in [1.82, 2.24) is 20.0 Å². The molecule has 0 spiro atoms. The lowest BCUT2D eigenvalue weighted by atomic mass is 10.1. The molecule has 4 aromatic carbocycles. The average molecular weight is 1170 g/mol. The van der Waals surface area contributed by atoms with Gasteiger partial charge in [0.15, 0.2) is 0 Å². The SMILES string of the molecule is O=C1OC(=O)c2ccccc21.[15NH2]C([15NH2])=O.[2H]C([2H])(C(=O)O)C([2H])([2H])C(C(=O)O)N1C(=O)c2ccccc2C1=O.[2H]C([2H])(C(=O)O)C([2H])([2H])C([2H])(N)C(=O)O.[2H]C1([2H])C(=O)OC(=O)C(N2C(=O)c3ccccc3C2=O)C1([2H])[2H].[2H]C1([2H])C(=O)[15NH]C(=O)C(N2C(=O)c3ccccc3C2=O)C1([2H])[2H]. The van der Waals surface area contributed by atoms with Crippen LogP contribution in [0, 0.1) is 0 Å². The van der Waals surface area contributed by atoms with E-state index in [9.17, 15) is 81.8 Å². The molecule has 6 aliphatic rings. The van der Waals surface area contributed by atoms with E-state index in [0.717, 1.165) is 0 Å². The molecule has 0 aliphatic carbocycles. The fraction of sp³-hybridized carbons (Fsp3) is 0.226. The molecule has 83 heavy (non-hydrogen) atoms. The Morgan fingerprint density at radius 1 is 0.542 bits per heavy atom. The van der Waals surface area contributed by atoms with Gasteiger partial charge in [-0.2, -0.15) is 0 Å². The zero-order valence-electron chi connectivity index (χ0n) is 58.1. The van der Waals surface area contributed by atoms with Crippen molar-refractivity contribution in [2.24, 2.45) is 17.2 Å². The number of cyclic esters (lactones) is 4. The number of aliphatic carboxylic acids is 4. The van der Waals surface area contributed by atoms with Crippen molar-refractivity contribution in [2.45, 2.75) is 75.1 Å². The Balaban J connectivity index is 0.000000227. The van der Waals surface area contributed by atoms with E-state index in [4.69, 9.17) is 49.2 Å². The molecule has 4 unspecified atom stereocenters. The first-order chi connectivity index (χ1) is 45.6. The molecule has 30 heteroatoms. The van der Waals surface area contributed by atoms with Crippen LogP contribution in [0.3, 0.4) is 0 Å². The molecular weight excluding hydrogens is 1110 g/mol. The van der Waals surface area contributed by atoms with Gasteiger partial charge in [-0.3, -0.25) is 77.6 Å². The maximum absolute atomic E-state index is 12.4. The molecule has 4 aromatic rings. The van der Waals surface area contributed by atoms with Gasteiger partial charge in [0.25, 0.3) is 35.4 Å². The zero-order chi connectivity index (χ0) is 76.8. The Hall–Kier alpha value is -11.2. The van der Waals surface area contributed by atoms with Crippen LogP contribution in [0.2, 0.25) is 0 Å². The fourth-order valence-electron chi connectivity index (χ4n) is 7.02.